The van der Waals surface area contributed by atoms with Crippen LogP contribution in [0.4, 0.5) is 8.78 Å². The number of benzene rings is 1. The van der Waals surface area contributed by atoms with Crippen LogP contribution in [0.5, 0.6) is 0 Å². The molecule has 1 N–H and O–H groups in total. The monoisotopic (exact) mass is 233 g/mol. The van der Waals surface area contributed by atoms with Gasteiger partial charge in [-0.3, -0.25) is 0 Å². The van der Waals surface area contributed by atoms with Crippen molar-refractivity contribution in [2.24, 2.45) is 0 Å². The highest BCUT2D eigenvalue weighted by Gasteiger charge is 2.21. The van der Waals surface area contributed by atoms with Crippen LogP contribution in [-0.4, -0.2) is 19.7 Å². The maximum atomic E-state index is 13.1. The second kappa shape index (κ2) is 4.43. The number of rotatable bonds is 1. The van der Waals surface area contributed by atoms with Crippen LogP contribution in [-0.2, 0) is 4.74 Å². The summed E-state index contributed by atoms with van der Waals surface area (Å²) in [6, 6.07) is 1.98. The molecule has 1 atom stereocenters. The molecule has 0 aromatic heterocycles. The zero-order valence-electron chi connectivity index (χ0n) is 7.90. The Morgan fingerprint density at radius 2 is 2.20 bits per heavy atom. The normalized spacial score (nSPS) is 21.7. The van der Waals surface area contributed by atoms with Gasteiger partial charge in [-0.2, -0.15) is 0 Å². The van der Waals surface area contributed by atoms with E-state index in [0.717, 1.165) is 12.6 Å². The molecule has 1 heterocycles. The molecule has 5 heteroatoms. The summed E-state index contributed by atoms with van der Waals surface area (Å²) in [5.74, 6) is -1.39. The molecule has 15 heavy (non-hydrogen) atoms. The molecule has 0 amide bonds. The van der Waals surface area contributed by atoms with Crippen molar-refractivity contribution in [1.29, 1.82) is 0 Å². The van der Waals surface area contributed by atoms with Gasteiger partial charge >= 0.3 is 0 Å². The molecule has 1 aromatic carbocycles. The van der Waals surface area contributed by atoms with E-state index in [1.165, 1.54) is 6.07 Å². The Morgan fingerprint density at radius 1 is 1.40 bits per heavy atom. The summed E-state index contributed by atoms with van der Waals surface area (Å²) in [5, 5.41) is 3.01. The summed E-state index contributed by atoms with van der Waals surface area (Å²) in [4.78, 5) is 0. The van der Waals surface area contributed by atoms with Gasteiger partial charge in [-0.1, -0.05) is 11.6 Å². The summed E-state index contributed by atoms with van der Waals surface area (Å²) in [5.41, 5.74) is 0.362. The molecule has 1 aliphatic rings. The van der Waals surface area contributed by atoms with Crippen molar-refractivity contribution in [3.8, 4) is 0 Å². The predicted octanol–water partition coefficient (Wildman–Crippen LogP) is 2.28. The van der Waals surface area contributed by atoms with E-state index in [1.807, 2.05) is 0 Å². The fourth-order valence-corrected chi connectivity index (χ4v) is 1.81. The quantitative estimate of drug-likeness (QED) is 0.752. The molecule has 1 saturated heterocycles. The molecular weight excluding hydrogens is 224 g/mol. The smallest absolute Gasteiger partial charge is 0.145 e. The summed E-state index contributed by atoms with van der Waals surface area (Å²) in [7, 11) is 0. The second-order valence-corrected chi connectivity index (χ2v) is 3.73. The summed E-state index contributed by atoms with van der Waals surface area (Å²) in [6.45, 7) is 1.77. The van der Waals surface area contributed by atoms with Gasteiger partial charge in [0.05, 0.1) is 17.7 Å². The lowest BCUT2D eigenvalue weighted by Crippen LogP contribution is -2.33. The molecule has 1 aromatic rings. The lowest BCUT2D eigenvalue weighted by atomic mass is 10.1. The topological polar surface area (TPSA) is 21.3 Å². The fourth-order valence-electron chi connectivity index (χ4n) is 1.58. The van der Waals surface area contributed by atoms with Gasteiger partial charge in [-0.05, 0) is 6.07 Å². The van der Waals surface area contributed by atoms with E-state index in [1.54, 1.807) is 0 Å². The molecule has 0 bridgehead atoms. The van der Waals surface area contributed by atoms with E-state index < -0.39 is 11.6 Å². The van der Waals surface area contributed by atoms with Crippen molar-refractivity contribution in [3.63, 3.8) is 0 Å². The van der Waals surface area contributed by atoms with Gasteiger partial charge in [0, 0.05) is 24.7 Å². The van der Waals surface area contributed by atoms with Crippen LogP contribution < -0.4 is 5.32 Å². The molecule has 82 valence electrons. The van der Waals surface area contributed by atoms with Crippen molar-refractivity contribution in [2.45, 2.75) is 6.10 Å². The van der Waals surface area contributed by atoms with Crippen LogP contribution in [0.3, 0.4) is 0 Å². The van der Waals surface area contributed by atoms with E-state index in [2.05, 4.69) is 5.32 Å². The molecule has 2 rings (SSSR count). The highest BCUT2D eigenvalue weighted by Crippen LogP contribution is 2.29. The Hall–Kier alpha value is -0.710. The first-order chi connectivity index (χ1) is 7.18. The first-order valence-electron chi connectivity index (χ1n) is 4.65. The summed E-state index contributed by atoms with van der Waals surface area (Å²) in [6.07, 6.45) is -0.378. The van der Waals surface area contributed by atoms with Gasteiger partial charge in [0.1, 0.15) is 11.6 Å². The molecular formula is C10H10ClF2NO. The largest absolute Gasteiger partial charge is 0.371 e. The van der Waals surface area contributed by atoms with Crippen LogP contribution in [0.2, 0.25) is 5.02 Å². The Balaban J connectivity index is 2.33. The van der Waals surface area contributed by atoms with E-state index >= 15 is 0 Å². The van der Waals surface area contributed by atoms with Gasteiger partial charge < -0.3 is 10.1 Å². The summed E-state index contributed by atoms with van der Waals surface area (Å²) >= 11 is 5.75. The minimum Gasteiger partial charge on any atom is -0.371 e. The molecule has 2 nitrogen and oxygen atoms in total. The van der Waals surface area contributed by atoms with E-state index in [9.17, 15) is 8.78 Å². The number of hydrogen-bond donors (Lipinski definition) is 1. The standard InChI is InChI=1S/C10H10ClF2NO/c11-10-7(3-6(12)4-8(10)13)9-5-14-1-2-15-9/h3-4,9,14H,1-2,5H2. The zero-order chi connectivity index (χ0) is 10.8. The Bertz CT molecular complexity index is 367. The van der Waals surface area contributed by atoms with Crippen molar-refractivity contribution in [2.75, 3.05) is 19.7 Å². The highest BCUT2D eigenvalue weighted by molar-refractivity contribution is 6.31. The minimum absolute atomic E-state index is 0.0647. The maximum absolute atomic E-state index is 13.1. The van der Waals surface area contributed by atoms with Crippen LogP contribution in [0.1, 0.15) is 11.7 Å². The van der Waals surface area contributed by atoms with Crippen molar-refractivity contribution in [3.05, 3.63) is 34.4 Å². The first-order valence-corrected chi connectivity index (χ1v) is 5.03. The lowest BCUT2D eigenvalue weighted by molar-refractivity contribution is 0.0274. The second-order valence-electron chi connectivity index (χ2n) is 3.35. The Labute approximate surface area is 91.2 Å². The van der Waals surface area contributed by atoms with Crippen molar-refractivity contribution >= 4 is 11.6 Å². The van der Waals surface area contributed by atoms with Gasteiger partial charge in [0.25, 0.3) is 0 Å². The Kier molecular flexibility index (Phi) is 3.19. The molecule has 0 saturated carbocycles. The van der Waals surface area contributed by atoms with Crippen molar-refractivity contribution in [1.82, 2.24) is 5.32 Å². The van der Waals surface area contributed by atoms with Crippen LogP contribution in [0, 0.1) is 11.6 Å². The third kappa shape index (κ3) is 2.27. The molecule has 1 fully saturated rings. The SMILES string of the molecule is Fc1cc(F)c(Cl)c(C2CNCCO2)c1. The average Bonchev–Trinajstić information content (AvgIpc) is 2.24. The first kappa shape index (κ1) is 10.8. The van der Waals surface area contributed by atoms with Crippen LogP contribution in [0.15, 0.2) is 12.1 Å². The van der Waals surface area contributed by atoms with Gasteiger partial charge in [-0.25, -0.2) is 8.78 Å². The number of nitrogens with one attached hydrogen (secondary N) is 1. The number of halogens is 3. The van der Waals surface area contributed by atoms with Gasteiger partial charge in [0.2, 0.25) is 0 Å². The molecule has 0 radical (unpaired) electrons. The summed E-state index contributed by atoms with van der Waals surface area (Å²) < 4.78 is 31.5. The van der Waals surface area contributed by atoms with E-state index in [4.69, 9.17) is 16.3 Å². The average molecular weight is 234 g/mol. The lowest BCUT2D eigenvalue weighted by Gasteiger charge is -2.24. The molecule has 0 spiro atoms. The Morgan fingerprint density at radius 3 is 2.87 bits per heavy atom. The number of morpholine rings is 1. The van der Waals surface area contributed by atoms with Gasteiger partial charge in [0.15, 0.2) is 0 Å². The number of hydrogen-bond acceptors (Lipinski definition) is 2. The van der Waals surface area contributed by atoms with E-state index in [-0.39, 0.29) is 11.1 Å². The van der Waals surface area contributed by atoms with Gasteiger partial charge in [-0.15, -0.1) is 0 Å². The van der Waals surface area contributed by atoms with E-state index in [0.29, 0.717) is 18.7 Å². The molecule has 0 aliphatic carbocycles. The minimum atomic E-state index is -0.749. The highest BCUT2D eigenvalue weighted by atomic mass is 35.5. The predicted molar refractivity (Wildman–Crippen MR) is 52.9 cm³/mol. The third-order valence-electron chi connectivity index (χ3n) is 2.30. The zero-order valence-corrected chi connectivity index (χ0v) is 8.65. The van der Waals surface area contributed by atoms with Crippen LogP contribution >= 0.6 is 11.6 Å². The maximum Gasteiger partial charge on any atom is 0.145 e. The number of ether oxygens (including phenoxy) is 1. The van der Waals surface area contributed by atoms with Crippen LogP contribution in [0.25, 0.3) is 0 Å². The molecule has 1 aliphatic heterocycles. The fraction of sp³-hybridized carbons (Fsp3) is 0.400. The third-order valence-corrected chi connectivity index (χ3v) is 2.69. The van der Waals surface area contributed by atoms with Crippen molar-refractivity contribution < 1.29 is 13.5 Å². The molecule has 1 unspecified atom stereocenters.